The molecule has 0 fully saturated rings. The average Bonchev–Trinajstić information content (AvgIpc) is 2.45. The van der Waals surface area contributed by atoms with Crippen molar-refractivity contribution in [3.8, 4) is 0 Å². The van der Waals surface area contributed by atoms with Gasteiger partial charge in [-0.2, -0.15) is 0 Å². The van der Waals surface area contributed by atoms with E-state index in [9.17, 15) is 9.59 Å². The fourth-order valence-corrected chi connectivity index (χ4v) is 17.5. The topological polar surface area (TPSA) is 103 Å². The van der Waals surface area contributed by atoms with Crippen molar-refractivity contribution in [2.24, 2.45) is 0 Å². The molecule has 31 heavy (non-hydrogen) atoms. The Bertz CT molecular complexity index is 610. The second-order valence-corrected chi connectivity index (χ2v) is 27.7. The number of rotatable bonds is 12. The van der Waals surface area contributed by atoms with Crippen molar-refractivity contribution in [1.82, 2.24) is 5.32 Å². The summed E-state index contributed by atoms with van der Waals surface area (Å²) in [6.07, 6.45) is 0.308. The monoisotopic (exact) mass is 509 g/mol. The van der Waals surface area contributed by atoms with Gasteiger partial charge in [0, 0.05) is 11.1 Å². The summed E-state index contributed by atoms with van der Waals surface area (Å²) in [6.45, 7) is 24.2. The zero-order valence-corrected chi connectivity index (χ0v) is 25.3. The molecular weight excluding hydrogens is 467 g/mol. The van der Waals surface area contributed by atoms with Crippen LogP contribution in [0, 0.1) is 0 Å². The summed E-state index contributed by atoms with van der Waals surface area (Å²) in [4.78, 5) is 23.3. The molecule has 2 atom stereocenters. The number of hydrogen-bond donors (Lipinski definition) is 2. The highest BCUT2D eigenvalue weighted by molar-refractivity contribution is 6.90. The second kappa shape index (κ2) is 11.4. The minimum atomic E-state index is -3.21. The van der Waals surface area contributed by atoms with E-state index in [4.69, 9.17) is 22.2 Å². The number of carbonyl (C=O) groups excluding carboxylic acids is 1. The molecule has 0 bridgehead atoms. The van der Waals surface area contributed by atoms with E-state index >= 15 is 0 Å². The molecule has 8 nitrogen and oxygen atoms in total. The predicted molar refractivity (Wildman–Crippen MR) is 134 cm³/mol. The summed E-state index contributed by atoms with van der Waals surface area (Å²) in [5.41, 5.74) is 0.160. The van der Waals surface area contributed by atoms with Crippen LogP contribution in [0.1, 0.15) is 27.2 Å². The number of carboxylic acid groups (broad SMARTS) is 1. The summed E-state index contributed by atoms with van der Waals surface area (Å²) in [5, 5.41) is 10.9. The van der Waals surface area contributed by atoms with E-state index in [0.29, 0.717) is 12.0 Å². The maximum atomic E-state index is 12.6. The Morgan fingerprint density at radius 3 is 1.58 bits per heavy atom. The van der Waals surface area contributed by atoms with Crippen molar-refractivity contribution >= 4 is 45.8 Å². The van der Waals surface area contributed by atoms with Crippen LogP contribution >= 0.6 is 0 Å². The number of allylic oxidation sites excluding steroid dienone is 1. The van der Waals surface area contributed by atoms with Gasteiger partial charge >= 0.3 is 20.9 Å². The minimum Gasteiger partial charge on any atom is -0.465 e. The van der Waals surface area contributed by atoms with Crippen LogP contribution in [0.15, 0.2) is 11.6 Å². The van der Waals surface area contributed by atoms with Gasteiger partial charge < -0.3 is 22.2 Å². The van der Waals surface area contributed by atoms with Crippen molar-refractivity contribution in [3.05, 3.63) is 11.6 Å². The first-order valence-corrected chi connectivity index (χ1v) is 22.7. The molecule has 0 aromatic carbocycles. The van der Waals surface area contributed by atoms with Crippen LogP contribution < -0.4 is 5.32 Å². The first-order valence-electron chi connectivity index (χ1n) is 10.7. The normalized spacial score (nSPS) is 15.9. The van der Waals surface area contributed by atoms with Crippen LogP contribution in [0.5, 0.6) is 0 Å². The number of nitrogens with one attached hydrogen (secondary N) is 1. The molecule has 0 aromatic heterocycles. The molecule has 0 heterocycles. The zero-order chi connectivity index (χ0) is 24.8. The third-order valence-electron chi connectivity index (χ3n) is 3.62. The molecule has 1 amide bonds. The lowest BCUT2D eigenvalue weighted by atomic mass is 10.2. The Hall–Kier alpha value is -0.772. The van der Waals surface area contributed by atoms with Crippen LogP contribution in [-0.2, 0) is 21.9 Å². The summed E-state index contributed by atoms with van der Waals surface area (Å²) in [5.74, 6) is -0.586. The van der Waals surface area contributed by atoms with E-state index in [-0.39, 0.29) is 5.54 Å². The minimum absolute atomic E-state index is 0.215. The predicted octanol–water partition coefficient (Wildman–Crippen LogP) is 5.36. The van der Waals surface area contributed by atoms with Gasteiger partial charge in [0.15, 0.2) is 31.2 Å². The summed E-state index contributed by atoms with van der Waals surface area (Å²) < 4.78 is 25.5. The van der Waals surface area contributed by atoms with Crippen molar-refractivity contribution < 1.29 is 31.8 Å². The number of esters is 1. The SMILES string of the molecule is CCC(C=C(C)C(=O)OC(C)NC(=O)O)[Si](O[Si](C)(C)C)(O[Si](C)(C)C)O[Si](C)(C)C. The van der Waals surface area contributed by atoms with E-state index in [2.05, 4.69) is 64.2 Å². The lowest BCUT2D eigenvalue weighted by Crippen LogP contribution is -2.62. The van der Waals surface area contributed by atoms with Crippen LogP contribution in [0.2, 0.25) is 64.5 Å². The van der Waals surface area contributed by atoms with E-state index in [1.165, 1.54) is 6.92 Å². The number of amides is 1. The van der Waals surface area contributed by atoms with E-state index < -0.39 is 52.0 Å². The largest absolute Gasteiger partial charge is 0.476 e. The number of hydrogen-bond acceptors (Lipinski definition) is 6. The quantitative estimate of drug-likeness (QED) is 0.158. The van der Waals surface area contributed by atoms with Gasteiger partial charge in [-0.1, -0.05) is 13.0 Å². The first kappa shape index (κ1) is 30.2. The molecule has 0 aromatic rings. The fraction of sp³-hybridized carbons (Fsp3) is 0.789. The third kappa shape index (κ3) is 12.7. The van der Waals surface area contributed by atoms with Gasteiger partial charge in [-0.05, 0) is 79.2 Å². The van der Waals surface area contributed by atoms with Gasteiger partial charge in [0.05, 0.1) is 0 Å². The van der Waals surface area contributed by atoms with Crippen molar-refractivity contribution in [3.63, 3.8) is 0 Å². The molecule has 0 saturated heterocycles. The van der Waals surface area contributed by atoms with Gasteiger partial charge in [0.1, 0.15) is 0 Å². The summed E-state index contributed by atoms with van der Waals surface area (Å²) in [7, 11) is -9.39. The molecule has 0 aliphatic carbocycles. The van der Waals surface area contributed by atoms with E-state index in [1.54, 1.807) is 6.92 Å². The van der Waals surface area contributed by atoms with Crippen LogP contribution in [0.25, 0.3) is 0 Å². The Morgan fingerprint density at radius 2 is 1.29 bits per heavy atom. The van der Waals surface area contributed by atoms with Crippen LogP contribution in [0.4, 0.5) is 4.79 Å². The van der Waals surface area contributed by atoms with Crippen molar-refractivity contribution in [2.45, 2.75) is 97.9 Å². The molecule has 0 aliphatic heterocycles. The molecule has 0 saturated carbocycles. The lowest BCUT2D eigenvalue weighted by molar-refractivity contribution is -0.144. The highest BCUT2D eigenvalue weighted by Crippen LogP contribution is 2.38. The van der Waals surface area contributed by atoms with Crippen LogP contribution in [-0.4, -0.2) is 57.2 Å². The van der Waals surface area contributed by atoms with Crippen LogP contribution in [0.3, 0.4) is 0 Å². The molecule has 0 radical (unpaired) electrons. The van der Waals surface area contributed by atoms with Gasteiger partial charge in [-0.3, -0.25) is 5.32 Å². The summed E-state index contributed by atoms with van der Waals surface area (Å²) >= 11 is 0. The molecule has 2 unspecified atom stereocenters. The molecule has 182 valence electrons. The Kier molecular flexibility index (Phi) is 11.1. The molecule has 0 aliphatic rings. The van der Waals surface area contributed by atoms with Gasteiger partial charge in [-0.25, -0.2) is 9.59 Å². The molecule has 2 N–H and O–H groups in total. The molecular formula is C19H43NO7Si4. The molecule has 12 heteroatoms. The zero-order valence-electron chi connectivity index (χ0n) is 21.3. The maximum absolute atomic E-state index is 12.6. The first-order chi connectivity index (χ1) is 13.7. The average molecular weight is 510 g/mol. The summed E-state index contributed by atoms with van der Waals surface area (Å²) in [6, 6.07) is 0. The second-order valence-electron chi connectivity index (χ2n) is 10.6. The standard InChI is InChI=1S/C19H43NO7Si4/c1-13-17(14-15(2)18(21)24-16(3)20-19(22)23)31(25-28(4,5)6,26-29(7,8)9)27-30(10,11)12/h14,16-17,20H,13H2,1-12H3,(H,22,23). The third-order valence-corrected chi connectivity index (χ3v) is 15.9. The lowest BCUT2D eigenvalue weighted by Gasteiger charge is -2.45. The smallest absolute Gasteiger partial charge is 0.465 e. The van der Waals surface area contributed by atoms with Crippen molar-refractivity contribution in [1.29, 1.82) is 0 Å². The van der Waals surface area contributed by atoms with E-state index in [1.807, 2.05) is 13.0 Å². The van der Waals surface area contributed by atoms with Gasteiger partial charge in [-0.15, -0.1) is 0 Å². The number of carbonyl (C=O) groups is 2. The Balaban J connectivity index is 6.24. The van der Waals surface area contributed by atoms with Crippen molar-refractivity contribution in [2.75, 3.05) is 0 Å². The Labute approximate surface area is 192 Å². The highest BCUT2D eigenvalue weighted by Gasteiger charge is 2.54. The number of ether oxygens (including phenoxy) is 1. The molecule has 0 rings (SSSR count). The van der Waals surface area contributed by atoms with E-state index in [0.717, 1.165) is 0 Å². The fourth-order valence-electron chi connectivity index (χ4n) is 2.87. The van der Waals surface area contributed by atoms with Gasteiger partial charge in [0.25, 0.3) is 0 Å². The Morgan fingerprint density at radius 1 is 0.903 bits per heavy atom. The highest BCUT2D eigenvalue weighted by atomic mass is 28.5. The van der Waals surface area contributed by atoms with Gasteiger partial charge in [0.2, 0.25) is 0 Å². The molecule has 0 spiro atoms. The maximum Gasteiger partial charge on any atom is 0.476 e.